The summed E-state index contributed by atoms with van der Waals surface area (Å²) in [6.07, 6.45) is 1.01. The number of hydrazine groups is 1. The van der Waals surface area contributed by atoms with Crippen LogP contribution in [0.25, 0.3) is 17.2 Å². The lowest BCUT2D eigenvalue weighted by Gasteiger charge is -2.44. The molecule has 0 unspecified atom stereocenters. The molecule has 1 atom stereocenters. The normalized spacial score (nSPS) is 19.0. The van der Waals surface area contributed by atoms with Gasteiger partial charge in [-0.15, -0.1) is 0 Å². The van der Waals surface area contributed by atoms with Gasteiger partial charge >= 0.3 is 6.18 Å². The first-order valence-electron chi connectivity index (χ1n) is 12.1. The van der Waals surface area contributed by atoms with Crippen molar-refractivity contribution in [2.24, 2.45) is 5.92 Å². The highest BCUT2D eigenvalue weighted by molar-refractivity contribution is 5.95. The number of halogens is 3. The second-order valence-electron chi connectivity index (χ2n) is 9.36. The minimum atomic E-state index is -4.49. The summed E-state index contributed by atoms with van der Waals surface area (Å²) in [5.41, 5.74) is 6.64. The molecule has 2 aliphatic rings. The van der Waals surface area contributed by atoms with Crippen LogP contribution in [-0.2, 0) is 6.18 Å². The number of hydrogen-bond acceptors (Lipinski definition) is 9. The van der Waals surface area contributed by atoms with E-state index < -0.39 is 11.7 Å². The standard InChI is InChI=1S/C24H24F3N9O2/c1-14-17(10-32-38-14)23(37)35-7-6-34(13-19(35)15-8-30-31-9-15)21-4-5-28-22(33-21)18-11-29-20-3-2-16(12-36(18)20)24(25,26)27/h2-5,10-12,15,19,30-31H,6-9,13H2,1H3/t19-/m1/s1. The predicted octanol–water partition coefficient (Wildman–Crippen LogP) is 2.16. The first-order valence-corrected chi connectivity index (χ1v) is 12.1. The van der Waals surface area contributed by atoms with Crippen molar-refractivity contribution in [2.75, 3.05) is 37.6 Å². The topological polar surface area (TPSA) is 117 Å². The Hall–Kier alpha value is -4.04. The molecule has 4 aromatic heterocycles. The third-order valence-electron chi connectivity index (χ3n) is 7.09. The second-order valence-corrected chi connectivity index (χ2v) is 9.36. The van der Waals surface area contributed by atoms with E-state index in [2.05, 4.69) is 35.9 Å². The van der Waals surface area contributed by atoms with Crippen LogP contribution in [0, 0.1) is 12.8 Å². The van der Waals surface area contributed by atoms with E-state index in [9.17, 15) is 18.0 Å². The fraction of sp³-hybridized carbons (Fsp3) is 0.375. The van der Waals surface area contributed by atoms with Gasteiger partial charge in [-0.2, -0.15) is 13.2 Å². The quantitative estimate of drug-likeness (QED) is 0.412. The van der Waals surface area contributed by atoms with Crippen molar-refractivity contribution < 1.29 is 22.5 Å². The molecular formula is C24H24F3N9O2. The molecule has 0 spiro atoms. The highest BCUT2D eigenvalue weighted by Gasteiger charge is 2.39. The highest BCUT2D eigenvalue weighted by Crippen LogP contribution is 2.31. The van der Waals surface area contributed by atoms with E-state index in [-0.39, 0.29) is 23.7 Å². The molecule has 11 nitrogen and oxygen atoms in total. The Bertz CT molecular complexity index is 1480. The predicted molar refractivity (Wildman–Crippen MR) is 129 cm³/mol. The first kappa shape index (κ1) is 24.3. The number of carbonyl (C=O) groups excluding carboxylic acids is 1. The fourth-order valence-electron chi connectivity index (χ4n) is 5.05. The molecule has 14 heteroatoms. The van der Waals surface area contributed by atoms with Gasteiger partial charge in [-0.05, 0) is 25.1 Å². The Kier molecular flexibility index (Phi) is 5.99. The van der Waals surface area contributed by atoms with Crippen LogP contribution in [0.4, 0.5) is 19.0 Å². The van der Waals surface area contributed by atoms with Crippen LogP contribution in [-0.4, -0.2) is 74.1 Å². The van der Waals surface area contributed by atoms with Gasteiger partial charge in [0, 0.05) is 51.0 Å². The number of hydrogen-bond donors (Lipinski definition) is 2. The number of piperazine rings is 1. The van der Waals surface area contributed by atoms with E-state index >= 15 is 0 Å². The van der Waals surface area contributed by atoms with E-state index in [0.717, 1.165) is 12.3 Å². The first-order chi connectivity index (χ1) is 18.3. The number of alkyl halides is 3. The van der Waals surface area contributed by atoms with Crippen molar-refractivity contribution in [3.8, 4) is 11.5 Å². The molecule has 198 valence electrons. The maximum atomic E-state index is 13.4. The Morgan fingerprint density at radius 2 is 1.92 bits per heavy atom. The van der Waals surface area contributed by atoms with Crippen molar-refractivity contribution in [3.05, 3.63) is 59.9 Å². The van der Waals surface area contributed by atoms with Gasteiger partial charge in [0.25, 0.3) is 5.91 Å². The van der Waals surface area contributed by atoms with Gasteiger partial charge in [-0.3, -0.25) is 20.0 Å². The number of aromatic nitrogens is 5. The van der Waals surface area contributed by atoms with Crippen molar-refractivity contribution in [1.82, 2.24) is 40.3 Å². The van der Waals surface area contributed by atoms with Crippen LogP contribution < -0.4 is 15.8 Å². The molecule has 0 aromatic carbocycles. The third kappa shape index (κ3) is 4.35. The zero-order chi connectivity index (χ0) is 26.4. The summed E-state index contributed by atoms with van der Waals surface area (Å²) >= 11 is 0. The molecule has 2 aliphatic heterocycles. The molecule has 2 N–H and O–H groups in total. The summed E-state index contributed by atoms with van der Waals surface area (Å²) in [6.45, 7) is 4.60. The lowest BCUT2D eigenvalue weighted by atomic mass is 9.95. The summed E-state index contributed by atoms with van der Waals surface area (Å²) in [5, 5.41) is 3.75. The van der Waals surface area contributed by atoms with Gasteiger partial charge in [-0.25, -0.2) is 15.0 Å². The number of carbonyl (C=O) groups is 1. The van der Waals surface area contributed by atoms with Gasteiger partial charge in [0.15, 0.2) is 5.82 Å². The van der Waals surface area contributed by atoms with E-state index in [1.54, 1.807) is 19.2 Å². The van der Waals surface area contributed by atoms with Crippen molar-refractivity contribution >= 4 is 17.4 Å². The Morgan fingerprint density at radius 3 is 2.66 bits per heavy atom. The molecule has 38 heavy (non-hydrogen) atoms. The lowest BCUT2D eigenvalue weighted by Crippen LogP contribution is -2.59. The van der Waals surface area contributed by atoms with Gasteiger partial charge < -0.3 is 14.3 Å². The number of pyridine rings is 1. The molecule has 0 aliphatic carbocycles. The zero-order valence-electron chi connectivity index (χ0n) is 20.3. The summed E-state index contributed by atoms with van der Waals surface area (Å²) in [7, 11) is 0. The van der Waals surface area contributed by atoms with Gasteiger partial charge in [-0.1, -0.05) is 5.16 Å². The summed E-state index contributed by atoms with van der Waals surface area (Å²) in [4.78, 5) is 30.5. The van der Waals surface area contributed by atoms with Crippen LogP contribution in [0.15, 0.2) is 47.5 Å². The molecule has 0 radical (unpaired) electrons. The second kappa shape index (κ2) is 9.36. The summed E-state index contributed by atoms with van der Waals surface area (Å²) in [5.74, 6) is 1.38. The Morgan fingerprint density at radius 1 is 1.11 bits per heavy atom. The number of nitrogens with one attached hydrogen (secondary N) is 2. The fourth-order valence-corrected chi connectivity index (χ4v) is 5.05. The summed E-state index contributed by atoms with van der Waals surface area (Å²) < 4.78 is 46.4. The number of aryl methyl sites for hydroxylation is 1. The molecule has 0 bridgehead atoms. The molecule has 2 fully saturated rings. The van der Waals surface area contributed by atoms with Crippen LogP contribution in [0.2, 0.25) is 0 Å². The number of imidazole rings is 1. The Labute approximate surface area is 214 Å². The zero-order valence-corrected chi connectivity index (χ0v) is 20.3. The SMILES string of the molecule is Cc1oncc1C(=O)N1CCN(c2ccnc(-c3cnc4ccc(C(F)(F)F)cn34)n2)C[C@@H]1C1CNNC1. The molecule has 1 amide bonds. The highest BCUT2D eigenvalue weighted by atomic mass is 19.4. The van der Waals surface area contributed by atoms with Crippen molar-refractivity contribution in [1.29, 1.82) is 0 Å². The average molecular weight is 528 g/mol. The van der Waals surface area contributed by atoms with Crippen LogP contribution in [0.5, 0.6) is 0 Å². The van der Waals surface area contributed by atoms with Crippen molar-refractivity contribution in [2.45, 2.75) is 19.1 Å². The summed E-state index contributed by atoms with van der Waals surface area (Å²) in [6, 6.07) is 3.95. The largest absolute Gasteiger partial charge is 0.417 e. The molecule has 4 aromatic rings. The maximum absolute atomic E-state index is 13.4. The number of amides is 1. The average Bonchev–Trinajstić information content (AvgIpc) is 3.68. The molecular weight excluding hydrogens is 503 g/mol. The number of anilines is 1. The van der Waals surface area contributed by atoms with E-state index in [0.29, 0.717) is 61.2 Å². The molecule has 6 rings (SSSR count). The minimum absolute atomic E-state index is 0.128. The van der Waals surface area contributed by atoms with E-state index in [1.165, 1.54) is 22.9 Å². The van der Waals surface area contributed by atoms with Gasteiger partial charge in [0.05, 0.1) is 24.0 Å². The Balaban J connectivity index is 1.30. The van der Waals surface area contributed by atoms with Crippen LogP contribution in [0.3, 0.4) is 0 Å². The third-order valence-corrected chi connectivity index (χ3v) is 7.09. The van der Waals surface area contributed by atoms with Crippen LogP contribution in [0.1, 0.15) is 21.7 Å². The van der Waals surface area contributed by atoms with Gasteiger partial charge in [0.1, 0.15) is 28.5 Å². The lowest BCUT2D eigenvalue weighted by molar-refractivity contribution is -0.137. The molecule has 6 heterocycles. The smallest absolute Gasteiger partial charge is 0.361 e. The minimum Gasteiger partial charge on any atom is -0.361 e. The number of nitrogens with zero attached hydrogens (tertiary/aromatic N) is 7. The maximum Gasteiger partial charge on any atom is 0.417 e. The van der Waals surface area contributed by atoms with Gasteiger partial charge in [0.2, 0.25) is 0 Å². The monoisotopic (exact) mass is 527 g/mol. The molecule has 2 saturated heterocycles. The van der Waals surface area contributed by atoms with E-state index in [4.69, 9.17) is 4.52 Å². The molecule has 0 saturated carbocycles. The van der Waals surface area contributed by atoms with Crippen LogP contribution >= 0.6 is 0 Å². The number of rotatable bonds is 4. The van der Waals surface area contributed by atoms with Crippen molar-refractivity contribution in [3.63, 3.8) is 0 Å². The van der Waals surface area contributed by atoms with E-state index in [1.807, 2.05) is 4.90 Å². The number of fused-ring (bicyclic) bond motifs is 1.